The van der Waals surface area contributed by atoms with Crippen LogP contribution in [0.1, 0.15) is 43.6 Å². The molecule has 0 atom stereocenters. The summed E-state index contributed by atoms with van der Waals surface area (Å²) in [4.78, 5) is 39.7. The van der Waals surface area contributed by atoms with Crippen molar-refractivity contribution in [3.63, 3.8) is 0 Å². The van der Waals surface area contributed by atoms with Gasteiger partial charge in [-0.25, -0.2) is 4.79 Å². The molecule has 0 saturated carbocycles. The number of ketones is 1. The minimum atomic E-state index is -1.32. The van der Waals surface area contributed by atoms with Crippen molar-refractivity contribution in [2.45, 2.75) is 33.3 Å². The number of nitrogens with zero attached hydrogens (tertiary/aromatic N) is 1. The summed E-state index contributed by atoms with van der Waals surface area (Å²) in [5.74, 6) is -0.422. The Balaban J connectivity index is 1.97. The van der Waals surface area contributed by atoms with E-state index < -0.39 is 22.1 Å². The highest BCUT2D eigenvalue weighted by molar-refractivity contribution is 6.30. The Bertz CT molecular complexity index is 937. The van der Waals surface area contributed by atoms with E-state index in [1.54, 1.807) is 76.2 Å². The van der Waals surface area contributed by atoms with Crippen LogP contribution in [0, 0.1) is 15.5 Å². The van der Waals surface area contributed by atoms with Gasteiger partial charge in [0.1, 0.15) is 12.4 Å². The van der Waals surface area contributed by atoms with Crippen LogP contribution in [-0.2, 0) is 14.4 Å². The fraction of sp³-hybridized carbons (Fsp3) is 0.364. The van der Waals surface area contributed by atoms with Crippen molar-refractivity contribution in [2.75, 3.05) is 13.2 Å². The summed E-state index contributed by atoms with van der Waals surface area (Å²) in [5, 5.41) is 9.99. The topological polar surface area (TPSA) is 105 Å². The molecule has 0 radical (unpaired) electrons. The quantitative estimate of drug-likeness (QED) is 0.227. The van der Waals surface area contributed by atoms with Crippen molar-refractivity contribution < 1.29 is 29.0 Å². The number of carbonyl (C=O) groups excluding carboxylic acids is 2. The Morgan fingerprint density at radius 2 is 1.45 bits per heavy atom. The van der Waals surface area contributed by atoms with Crippen LogP contribution >= 0.6 is 11.6 Å². The number of esters is 1. The van der Waals surface area contributed by atoms with E-state index in [0.717, 1.165) is 0 Å². The van der Waals surface area contributed by atoms with E-state index >= 15 is 0 Å². The van der Waals surface area contributed by atoms with Crippen LogP contribution in [0.15, 0.2) is 48.5 Å². The molecule has 0 bridgehead atoms. The third-order valence-corrected chi connectivity index (χ3v) is 4.49. The molecule has 2 aromatic carbocycles. The van der Waals surface area contributed by atoms with Crippen LogP contribution in [0.2, 0.25) is 5.02 Å². The number of halogens is 1. The van der Waals surface area contributed by atoms with Gasteiger partial charge in [-0.2, -0.15) is 0 Å². The lowest BCUT2D eigenvalue weighted by molar-refractivity contribution is -0.760. The van der Waals surface area contributed by atoms with E-state index in [2.05, 4.69) is 4.84 Å². The molecule has 0 heterocycles. The zero-order valence-electron chi connectivity index (χ0n) is 17.7. The van der Waals surface area contributed by atoms with Crippen molar-refractivity contribution in [1.82, 2.24) is 0 Å². The molecule has 0 fully saturated rings. The predicted octanol–water partition coefficient (Wildman–Crippen LogP) is 4.51. The maximum absolute atomic E-state index is 12.5. The zero-order chi connectivity index (χ0) is 23.2. The van der Waals surface area contributed by atoms with Gasteiger partial charge in [0.05, 0.1) is 6.61 Å². The second kappa shape index (κ2) is 9.78. The zero-order valence-corrected chi connectivity index (χ0v) is 18.5. The van der Waals surface area contributed by atoms with Gasteiger partial charge in [0.15, 0.2) is 11.4 Å². The number of ether oxygens (including phenoxy) is 2. The fourth-order valence-electron chi connectivity index (χ4n) is 2.48. The van der Waals surface area contributed by atoms with Gasteiger partial charge in [0, 0.05) is 21.6 Å². The normalized spacial score (nSPS) is 11.5. The average molecular weight is 450 g/mol. The largest absolute Gasteiger partial charge is 0.476 e. The highest BCUT2D eigenvalue weighted by Crippen LogP contribution is 2.23. The summed E-state index contributed by atoms with van der Waals surface area (Å²) in [6.07, 6.45) is 0. The molecular formula is C22H24ClNO7. The smallest absolute Gasteiger partial charge is 0.349 e. The molecule has 0 spiro atoms. The Labute approximate surface area is 185 Å². The molecule has 0 N–H and O–H groups in total. The first-order valence-corrected chi connectivity index (χ1v) is 9.81. The Hall–Kier alpha value is -3.13. The SMILES string of the molecule is CC(C)(COC(=O)C(C)(C)Oc1ccc(C(=O)c2ccc(Cl)cc2)cc1)CO[N+](=O)[O-]. The standard InChI is InChI=1S/C22H24ClNO7/c1-21(2,14-30-24(27)28)13-29-20(26)22(3,4)31-18-11-7-16(8-12-18)19(25)15-5-9-17(23)10-6-15/h5-12H,13-14H2,1-4H3. The van der Waals surface area contributed by atoms with Gasteiger partial charge in [0.25, 0.3) is 5.09 Å². The van der Waals surface area contributed by atoms with E-state index in [1.807, 2.05) is 0 Å². The molecule has 8 nitrogen and oxygen atoms in total. The minimum Gasteiger partial charge on any atom is -0.476 e. The molecule has 2 aromatic rings. The molecule has 0 unspecified atom stereocenters. The number of benzene rings is 2. The van der Waals surface area contributed by atoms with Crippen LogP contribution < -0.4 is 4.74 Å². The average Bonchev–Trinajstić information content (AvgIpc) is 2.71. The molecular weight excluding hydrogens is 426 g/mol. The van der Waals surface area contributed by atoms with Crippen LogP contribution in [0.4, 0.5) is 0 Å². The Morgan fingerprint density at radius 1 is 0.935 bits per heavy atom. The molecule has 0 aromatic heterocycles. The molecule has 31 heavy (non-hydrogen) atoms. The highest BCUT2D eigenvalue weighted by atomic mass is 35.5. The van der Waals surface area contributed by atoms with E-state index in [0.29, 0.717) is 21.9 Å². The van der Waals surface area contributed by atoms with Crippen LogP contribution in [-0.4, -0.2) is 35.7 Å². The first kappa shape index (κ1) is 24.1. The van der Waals surface area contributed by atoms with Crippen LogP contribution in [0.3, 0.4) is 0 Å². The molecule has 0 saturated heterocycles. The lowest BCUT2D eigenvalue weighted by atomic mass is 9.96. The van der Waals surface area contributed by atoms with Gasteiger partial charge in [-0.05, 0) is 62.4 Å². The second-order valence-electron chi connectivity index (χ2n) is 8.21. The number of carbonyl (C=O) groups is 2. The Kier molecular flexibility index (Phi) is 7.62. The van der Waals surface area contributed by atoms with Gasteiger partial charge in [-0.3, -0.25) is 4.79 Å². The molecule has 0 aliphatic carbocycles. The summed E-state index contributed by atoms with van der Waals surface area (Å²) in [6, 6.07) is 13.0. The molecule has 0 amide bonds. The fourth-order valence-corrected chi connectivity index (χ4v) is 2.61. The summed E-state index contributed by atoms with van der Waals surface area (Å²) in [7, 11) is 0. The third kappa shape index (κ3) is 7.25. The Morgan fingerprint density at radius 3 is 1.97 bits per heavy atom. The second-order valence-corrected chi connectivity index (χ2v) is 8.65. The van der Waals surface area contributed by atoms with Gasteiger partial charge < -0.3 is 14.3 Å². The van der Waals surface area contributed by atoms with Crippen LogP contribution in [0.5, 0.6) is 5.75 Å². The van der Waals surface area contributed by atoms with E-state index in [1.165, 1.54) is 0 Å². The van der Waals surface area contributed by atoms with Crippen molar-refractivity contribution in [1.29, 1.82) is 0 Å². The minimum absolute atomic E-state index is 0.0823. The van der Waals surface area contributed by atoms with Gasteiger partial charge in [-0.15, -0.1) is 10.1 Å². The van der Waals surface area contributed by atoms with Crippen LogP contribution in [0.25, 0.3) is 0 Å². The number of hydrogen-bond acceptors (Lipinski definition) is 7. The van der Waals surface area contributed by atoms with E-state index in [9.17, 15) is 19.7 Å². The van der Waals surface area contributed by atoms with Gasteiger partial charge in [0.2, 0.25) is 0 Å². The first-order chi connectivity index (χ1) is 14.4. The van der Waals surface area contributed by atoms with Crippen molar-refractivity contribution in [3.05, 3.63) is 74.8 Å². The number of rotatable bonds is 10. The molecule has 0 aliphatic rings. The monoisotopic (exact) mass is 449 g/mol. The molecule has 9 heteroatoms. The molecule has 166 valence electrons. The lowest BCUT2D eigenvalue weighted by Gasteiger charge is -2.28. The number of hydrogen-bond donors (Lipinski definition) is 0. The molecule has 2 rings (SSSR count). The van der Waals surface area contributed by atoms with E-state index in [-0.39, 0.29) is 19.0 Å². The lowest BCUT2D eigenvalue weighted by Crippen LogP contribution is -2.41. The molecule has 0 aliphatic heterocycles. The highest BCUT2D eigenvalue weighted by Gasteiger charge is 2.34. The van der Waals surface area contributed by atoms with Gasteiger partial charge >= 0.3 is 5.97 Å². The first-order valence-electron chi connectivity index (χ1n) is 9.43. The van der Waals surface area contributed by atoms with Crippen molar-refractivity contribution >= 4 is 23.4 Å². The summed E-state index contributed by atoms with van der Waals surface area (Å²) in [5.41, 5.74) is -1.10. The predicted molar refractivity (Wildman–Crippen MR) is 114 cm³/mol. The third-order valence-electron chi connectivity index (χ3n) is 4.24. The maximum atomic E-state index is 12.5. The van der Waals surface area contributed by atoms with Gasteiger partial charge in [-0.1, -0.05) is 25.4 Å². The summed E-state index contributed by atoms with van der Waals surface area (Å²) < 4.78 is 11.0. The summed E-state index contributed by atoms with van der Waals surface area (Å²) in [6.45, 7) is 6.14. The maximum Gasteiger partial charge on any atom is 0.349 e. The van der Waals surface area contributed by atoms with E-state index in [4.69, 9.17) is 21.1 Å². The van der Waals surface area contributed by atoms with Crippen molar-refractivity contribution in [3.8, 4) is 5.75 Å². The van der Waals surface area contributed by atoms with Crippen molar-refractivity contribution in [2.24, 2.45) is 5.41 Å². The summed E-state index contributed by atoms with van der Waals surface area (Å²) >= 11 is 5.85.